The lowest BCUT2D eigenvalue weighted by Gasteiger charge is -2.68. The van der Waals surface area contributed by atoms with Crippen LogP contribution in [0.2, 0.25) is 0 Å². The molecule has 1 heterocycles. The minimum Gasteiger partial charge on any atom is -0.418 e. The number of benzene rings is 1. The predicted octanol–water partition coefficient (Wildman–Crippen LogP) is 5.19. The monoisotopic (exact) mass is 566 g/mol. The number of ether oxygens (including phenoxy) is 2. The second-order valence-electron chi connectivity index (χ2n) is 14.2. The van der Waals surface area contributed by atoms with E-state index in [9.17, 15) is 24.9 Å². The standard InChI is InChI=1S/C34H46O7/c1-31(2)15-8-16-32(3)25(31)13-17-33(4)26(32)14-18-34(39,21-35)27(33)20-24(36)23-19-29(38)41-30(23)40-28(37)12-11-22-9-6-5-7-10-22/h5-7,9-12,19,24-27,30,35-36,39H,8,13-18,20-21H2,1-4H3/t24-,25+,26+,27-,30-,32+,33+,34-/m1/s1. The molecule has 3 fully saturated rings. The van der Waals surface area contributed by atoms with Crippen LogP contribution < -0.4 is 0 Å². The zero-order valence-electron chi connectivity index (χ0n) is 24.8. The van der Waals surface area contributed by atoms with Gasteiger partial charge in [-0.25, -0.2) is 9.59 Å². The van der Waals surface area contributed by atoms with E-state index < -0.39 is 42.5 Å². The van der Waals surface area contributed by atoms with E-state index in [0.717, 1.165) is 31.2 Å². The van der Waals surface area contributed by atoms with Crippen molar-refractivity contribution in [3.05, 3.63) is 53.6 Å². The Labute approximate surface area is 243 Å². The molecule has 8 atom stereocenters. The predicted molar refractivity (Wildman–Crippen MR) is 155 cm³/mol. The van der Waals surface area contributed by atoms with E-state index in [1.807, 2.05) is 30.3 Å². The molecule has 7 nitrogen and oxygen atoms in total. The fraction of sp³-hybridized carbons (Fsp3) is 0.647. The van der Waals surface area contributed by atoms with Crippen molar-refractivity contribution in [1.29, 1.82) is 0 Å². The topological polar surface area (TPSA) is 113 Å². The molecule has 0 bridgehead atoms. The van der Waals surface area contributed by atoms with Gasteiger partial charge in [0.05, 0.1) is 18.3 Å². The third kappa shape index (κ3) is 5.41. The van der Waals surface area contributed by atoms with Crippen LogP contribution in [0.5, 0.6) is 0 Å². The first-order valence-electron chi connectivity index (χ1n) is 15.2. The second-order valence-corrected chi connectivity index (χ2v) is 14.2. The molecule has 1 aromatic rings. The zero-order valence-corrected chi connectivity index (χ0v) is 24.8. The lowest BCUT2D eigenvalue weighted by molar-refractivity contribution is -0.228. The van der Waals surface area contributed by atoms with Gasteiger partial charge in [-0.2, -0.15) is 0 Å². The van der Waals surface area contributed by atoms with Crippen LogP contribution >= 0.6 is 0 Å². The van der Waals surface area contributed by atoms with Gasteiger partial charge in [0.1, 0.15) is 0 Å². The molecule has 0 radical (unpaired) electrons. The van der Waals surface area contributed by atoms with Crippen LogP contribution in [-0.2, 0) is 19.1 Å². The van der Waals surface area contributed by atoms with Crippen LogP contribution in [0, 0.1) is 34.0 Å². The van der Waals surface area contributed by atoms with E-state index in [0.29, 0.717) is 18.3 Å². The quantitative estimate of drug-likeness (QED) is 0.308. The summed E-state index contributed by atoms with van der Waals surface area (Å²) >= 11 is 0. The first kappa shape index (κ1) is 30.0. The van der Waals surface area contributed by atoms with Gasteiger partial charge in [-0.1, -0.05) is 64.4 Å². The Balaban J connectivity index is 1.36. The van der Waals surface area contributed by atoms with Crippen molar-refractivity contribution >= 4 is 18.0 Å². The molecule has 7 heteroatoms. The average molecular weight is 567 g/mol. The van der Waals surface area contributed by atoms with Gasteiger partial charge in [0.25, 0.3) is 6.29 Å². The highest BCUT2D eigenvalue weighted by atomic mass is 16.7. The number of aliphatic hydroxyl groups is 3. The molecular weight excluding hydrogens is 520 g/mol. The molecule has 3 N–H and O–H groups in total. The smallest absolute Gasteiger partial charge is 0.334 e. The largest absolute Gasteiger partial charge is 0.418 e. The summed E-state index contributed by atoms with van der Waals surface area (Å²) in [5.41, 5.74) is -0.313. The van der Waals surface area contributed by atoms with Crippen molar-refractivity contribution < 1.29 is 34.4 Å². The molecule has 0 amide bonds. The molecular formula is C34H46O7. The molecule has 0 aromatic heterocycles. The van der Waals surface area contributed by atoms with Gasteiger partial charge in [-0.15, -0.1) is 0 Å². The minimum absolute atomic E-state index is 0.115. The third-order valence-electron chi connectivity index (χ3n) is 11.5. The molecule has 3 aliphatic carbocycles. The number of hydrogen-bond acceptors (Lipinski definition) is 7. The van der Waals surface area contributed by atoms with Gasteiger partial charge in [0.2, 0.25) is 0 Å². The van der Waals surface area contributed by atoms with E-state index in [4.69, 9.17) is 9.47 Å². The van der Waals surface area contributed by atoms with Gasteiger partial charge in [0, 0.05) is 17.7 Å². The third-order valence-corrected chi connectivity index (χ3v) is 11.5. The van der Waals surface area contributed by atoms with E-state index in [-0.39, 0.29) is 28.2 Å². The van der Waals surface area contributed by atoms with Crippen molar-refractivity contribution in [1.82, 2.24) is 0 Å². The lowest BCUT2D eigenvalue weighted by atomic mass is 9.38. The molecule has 1 aliphatic heterocycles. The number of esters is 2. The summed E-state index contributed by atoms with van der Waals surface area (Å²) < 4.78 is 10.7. The maximum absolute atomic E-state index is 12.6. The van der Waals surface area contributed by atoms with Crippen LogP contribution in [0.3, 0.4) is 0 Å². The Hall–Kier alpha value is -2.48. The van der Waals surface area contributed by atoms with Crippen molar-refractivity contribution in [2.45, 2.75) is 97.1 Å². The Bertz CT molecular complexity index is 1200. The number of rotatable bonds is 7. The fourth-order valence-corrected chi connectivity index (χ4v) is 9.61. The van der Waals surface area contributed by atoms with Gasteiger partial charge in [-0.05, 0) is 90.6 Å². The highest BCUT2D eigenvalue weighted by Crippen LogP contribution is 2.70. The highest BCUT2D eigenvalue weighted by molar-refractivity contribution is 5.89. The molecule has 1 aromatic carbocycles. The van der Waals surface area contributed by atoms with Crippen molar-refractivity contribution in [2.75, 3.05) is 6.61 Å². The van der Waals surface area contributed by atoms with E-state index >= 15 is 0 Å². The molecule has 0 unspecified atom stereocenters. The number of hydrogen-bond donors (Lipinski definition) is 3. The average Bonchev–Trinajstić information content (AvgIpc) is 3.29. The van der Waals surface area contributed by atoms with E-state index in [2.05, 4.69) is 27.7 Å². The van der Waals surface area contributed by atoms with Gasteiger partial charge in [-0.3, -0.25) is 0 Å². The summed E-state index contributed by atoms with van der Waals surface area (Å²) in [5, 5.41) is 33.8. The van der Waals surface area contributed by atoms with Crippen molar-refractivity contribution in [3.63, 3.8) is 0 Å². The van der Waals surface area contributed by atoms with E-state index in [1.165, 1.54) is 25.0 Å². The first-order valence-corrected chi connectivity index (χ1v) is 15.2. The number of cyclic esters (lactones) is 1. The van der Waals surface area contributed by atoms with Crippen LogP contribution in [-0.4, -0.2) is 51.9 Å². The minimum atomic E-state index is -1.35. The zero-order chi connectivity index (χ0) is 29.6. The summed E-state index contributed by atoms with van der Waals surface area (Å²) in [4.78, 5) is 24.8. The maximum Gasteiger partial charge on any atom is 0.334 e. The Kier molecular flexibility index (Phi) is 8.03. The summed E-state index contributed by atoms with van der Waals surface area (Å²) in [6.07, 6.45) is 8.44. The van der Waals surface area contributed by atoms with Crippen LogP contribution in [0.1, 0.15) is 84.6 Å². The molecule has 224 valence electrons. The Morgan fingerprint density at radius 3 is 2.46 bits per heavy atom. The molecule has 0 spiro atoms. The van der Waals surface area contributed by atoms with Gasteiger partial charge in [0.15, 0.2) is 0 Å². The lowest BCUT2D eigenvalue weighted by Crippen LogP contribution is -2.64. The van der Waals surface area contributed by atoms with Crippen LogP contribution in [0.25, 0.3) is 6.08 Å². The Morgan fingerprint density at radius 2 is 1.76 bits per heavy atom. The Morgan fingerprint density at radius 1 is 1.05 bits per heavy atom. The molecule has 3 saturated carbocycles. The molecule has 0 saturated heterocycles. The normalized spacial score (nSPS) is 38.9. The van der Waals surface area contributed by atoms with Gasteiger partial charge >= 0.3 is 11.9 Å². The van der Waals surface area contributed by atoms with Crippen molar-refractivity contribution in [2.24, 2.45) is 34.0 Å². The van der Waals surface area contributed by atoms with Crippen molar-refractivity contribution in [3.8, 4) is 0 Å². The second kappa shape index (κ2) is 11.0. The van der Waals surface area contributed by atoms with Gasteiger partial charge < -0.3 is 24.8 Å². The maximum atomic E-state index is 12.6. The highest BCUT2D eigenvalue weighted by Gasteiger charge is 2.65. The molecule has 41 heavy (non-hydrogen) atoms. The number of aliphatic hydroxyl groups excluding tert-OH is 2. The summed E-state index contributed by atoms with van der Waals surface area (Å²) in [7, 11) is 0. The molecule has 5 rings (SSSR count). The van der Waals surface area contributed by atoms with Crippen LogP contribution in [0.4, 0.5) is 0 Å². The number of fused-ring (bicyclic) bond motifs is 3. The summed E-state index contributed by atoms with van der Waals surface area (Å²) in [6, 6.07) is 9.27. The first-order chi connectivity index (χ1) is 19.3. The molecule has 4 aliphatic rings. The number of carbonyl (C=O) groups excluding carboxylic acids is 2. The van der Waals surface area contributed by atoms with Crippen LogP contribution in [0.15, 0.2) is 48.1 Å². The summed E-state index contributed by atoms with van der Waals surface area (Å²) in [6.45, 7) is 9.06. The summed E-state index contributed by atoms with van der Waals surface area (Å²) in [5.74, 6) is -0.878. The fourth-order valence-electron chi connectivity index (χ4n) is 9.61. The SMILES string of the molecule is CC1(C)CCC[C@]2(C)[C@@H]3CC[C@@](O)(CO)[C@H](C[C@@H](O)C4=CC(=O)O[C@H]4OC(=O)C=Cc4ccccc4)[C@@]3(C)CC[C@@H]12. The number of carbonyl (C=O) groups is 2. The van der Waals surface area contributed by atoms with E-state index in [1.54, 1.807) is 6.08 Å².